The van der Waals surface area contributed by atoms with E-state index in [2.05, 4.69) is 17.1 Å². The molecule has 2 heterocycles. The SMILES string of the molecule is C[C@@H]1CN(c2ccc(C(=O)O)c(F)c2)CCN1c1cccc(C(=O)NC2C3CC4CC2CC(O)(C4)C3)n1. The first-order valence-corrected chi connectivity index (χ1v) is 13.2. The van der Waals surface area contributed by atoms with Crippen LogP contribution in [-0.2, 0) is 0 Å². The number of aromatic nitrogens is 1. The molecule has 1 aromatic heterocycles. The summed E-state index contributed by atoms with van der Waals surface area (Å²) in [5.41, 5.74) is 0.179. The fraction of sp³-hybridized carbons (Fsp3) is 0.536. The number of carboxylic acids is 1. The third-order valence-electron chi connectivity index (χ3n) is 8.98. The molecule has 8 nitrogen and oxygen atoms in total. The van der Waals surface area contributed by atoms with Crippen molar-refractivity contribution < 1.29 is 24.2 Å². The molecule has 1 aliphatic heterocycles. The van der Waals surface area contributed by atoms with E-state index >= 15 is 0 Å². The van der Waals surface area contributed by atoms with Crippen molar-refractivity contribution in [1.82, 2.24) is 10.3 Å². The number of piperazine rings is 1. The van der Waals surface area contributed by atoms with Gasteiger partial charge in [-0.2, -0.15) is 0 Å². The van der Waals surface area contributed by atoms with E-state index in [0.29, 0.717) is 48.8 Å². The van der Waals surface area contributed by atoms with Gasteiger partial charge in [0.15, 0.2) is 0 Å². The first-order valence-electron chi connectivity index (χ1n) is 13.2. The molecular formula is C28H33FN4O4. The maximum absolute atomic E-state index is 14.2. The Morgan fingerprint density at radius 3 is 2.51 bits per heavy atom. The standard InChI is InChI=1S/C28H33FN4O4/c1-16-15-32(20-5-6-21(27(35)36)22(29)11-20)7-8-33(16)24-4-2-3-23(30-24)26(34)31-25-18-9-17-10-19(25)14-28(37,12-17)13-18/h2-6,11,16-19,25,37H,7-10,12-15H2,1H3,(H,31,34)(H,35,36)/t16-,17?,18?,19?,25?,28?/m1/s1. The molecule has 9 heteroatoms. The number of hydrogen-bond donors (Lipinski definition) is 3. The number of carboxylic acid groups (broad SMARTS) is 1. The number of nitrogens with one attached hydrogen (secondary N) is 1. The summed E-state index contributed by atoms with van der Waals surface area (Å²) >= 11 is 0. The van der Waals surface area contributed by atoms with E-state index in [-0.39, 0.29) is 23.6 Å². The molecule has 37 heavy (non-hydrogen) atoms. The van der Waals surface area contributed by atoms with Crippen LogP contribution >= 0.6 is 0 Å². The molecule has 0 radical (unpaired) electrons. The predicted molar refractivity (Wildman–Crippen MR) is 136 cm³/mol. The lowest BCUT2D eigenvalue weighted by atomic mass is 9.52. The largest absolute Gasteiger partial charge is 0.478 e. The molecule has 4 aliphatic carbocycles. The molecule has 1 amide bonds. The summed E-state index contributed by atoms with van der Waals surface area (Å²) in [5, 5.41) is 23.2. The number of carbonyl (C=O) groups excluding carboxylic acids is 1. The summed E-state index contributed by atoms with van der Waals surface area (Å²) in [6, 6.07) is 9.88. The van der Waals surface area contributed by atoms with Gasteiger partial charge in [0.2, 0.25) is 0 Å². The quantitative estimate of drug-likeness (QED) is 0.569. The Labute approximate surface area is 215 Å². The number of aromatic carboxylic acids is 1. The number of pyridine rings is 1. The van der Waals surface area contributed by atoms with Gasteiger partial charge in [-0.15, -0.1) is 0 Å². The van der Waals surface area contributed by atoms with Gasteiger partial charge >= 0.3 is 5.97 Å². The maximum Gasteiger partial charge on any atom is 0.338 e. The van der Waals surface area contributed by atoms with Crippen molar-refractivity contribution in [3.8, 4) is 0 Å². The molecular weight excluding hydrogens is 475 g/mol. The van der Waals surface area contributed by atoms with Crippen LogP contribution in [0.15, 0.2) is 36.4 Å². The van der Waals surface area contributed by atoms with Crippen molar-refractivity contribution in [3.05, 3.63) is 53.5 Å². The molecule has 1 saturated heterocycles. The van der Waals surface area contributed by atoms with Gasteiger partial charge in [-0.1, -0.05) is 6.07 Å². The van der Waals surface area contributed by atoms with Gasteiger partial charge in [0.1, 0.15) is 17.3 Å². The van der Waals surface area contributed by atoms with Crippen LogP contribution < -0.4 is 15.1 Å². The van der Waals surface area contributed by atoms with Crippen LogP contribution in [0.25, 0.3) is 0 Å². The highest BCUT2D eigenvalue weighted by molar-refractivity contribution is 5.93. The summed E-state index contributed by atoms with van der Waals surface area (Å²) < 4.78 is 14.2. The number of carbonyl (C=O) groups is 2. The number of benzene rings is 1. The molecule has 3 atom stereocenters. The van der Waals surface area contributed by atoms with Crippen molar-refractivity contribution in [2.45, 2.75) is 56.7 Å². The predicted octanol–water partition coefficient (Wildman–Crippen LogP) is 3.30. The van der Waals surface area contributed by atoms with Crippen LogP contribution in [0.2, 0.25) is 0 Å². The molecule has 4 bridgehead atoms. The van der Waals surface area contributed by atoms with E-state index < -0.39 is 17.4 Å². The normalized spacial score (nSPS) is 32.5. The van der Waals surface area contributed by atoms with Crippen LogP contribution in [-0.4, -0.2) is 64.4 Å². The van der Waals surface area contributed by atoms with Crippen LogP contribution in [0, 0.1) is 23.6 Å². The highest BCUT2D eigenvalue weighted by Gasteiger charge is 2.55. The number of aliphatic hydroxyl groups is 1. The minimum Gasteiger partial charge on any atom is -0.478 e. The third-order valence-corrected chi connectivity index (χ3v) is 8.98. The molecule has 7 rings (SSSR count). The van der Waals surface area contributed by atoms with Crippen LogP contribution in [0.4, 0.5) is 15.9 Å². The summed E-state index contributed by atoms with van der Waals surface area (Å²) in [5.74, 6) is -0.189. The van der Waals surface area contributed by atoms with E-state index in [1.165, 1.54) is 12.1 Å². The lowest BCUT2D eigenvalue weighted by molar-refractivity contribution is -0.136. The lowest BCUT2D eigenvalue weighted by Crippen LogP contribution is -2.61. The van der Waals surface area contributed by atoms with Gasteiger partial charge in [-0.25, -0.2) is 14.2 Å². The topological polar surface area (TPSA) is 106 Å². The van der Waals surface area contributed by atoms with Gasteiger partial charge in [-0.05, 0) is 87.1 Å². The molecule has 4 saturated carbocycles. The molecule has 2 aromatic rings. The fourth-order valence-corrected chi connectivity index (χ4v) is 7.56. The van der Waals surface area contributed by atoms with Crippen molar-refractivity contribution in [3.63, 3.8) is 0 Å². The maximum atomic E-state index is 14.2. The number of anilines is 2. The Bertz CT molecular complexity index is 1220. The van der Waals surface area contributed by atoms with Crippen LogP contribution in [0.1, 0.15) is 59.9 Å². The molecule has 1 aromatic carbocycles. The van der Waals surface area contributed by atoms with Gasteiger partial charge in [0, 0.05) is 37.4 Å². The van der Waals surface area contributed by atoms with Gasteiger partial charge in [0.05, 0.1) is 11.2 Å². The Hall–Kier alpha value is -3.20. The number of hydrogen-bond acceptors (Lipinski definition) is 6. The number of nitrogens with zero attached hydrogens (tertiary/aromatic N) is 3. The van der Waals surface area contributed by atoms with Crippen molar-refractivity contribution in [2.75, 3.05) is 29.4 Å². The summed E-state index contributed by atoms with van der Waals surface area (Å²) in [6.45, 7) is 3.92. The monoisotopic (exact) mass is 508 g/mol. The summed E-state index contributed by atoms with van der Waals surface area (Å²) in [4.78, 5) is 33.2. The Kier molecular flexibility index (Phi) is 5.86. The Morgan fingerprint density at radius 1 is 1.11 bits per heavy atom. The van der Waals surface area contributed by atoms with Crippen LogP contribution in [0.5, 0.6) is 0 Å². The number of rotatable bonds is 5. The lowest BCUT2D eigenvalue weighted by Gasteiger charge is -2.58. The third kappa shape index (κ3) is 4.43. The highest BCUT2D eigenvalue weighted by Crippen LogP contribution is 2.55. The molecule has 196 valence electrons. The van der Waals surface area contributed by atoms with E-state index in [0.717, 1.165) is 37.9 Å². The number of halogens is 1. The first-order chi connectivity index (χ1) is 17.7. The number of amides is 1. The van der Waals surface area contributed by atoms with Crippen molar-refractivity contribution in [2.24, 2.45) is 17.8 Å². The second-order valence-corrected chi connectivity index (χ2v) is 11.5. The van der Waals surface area contributed by atoms with Crippen LogP contribution in [0.3, 0.4) is 0 Å². The second kappa shape index (κ2) is 8.97. The first kappa shape index (κ1) is 24.2. The fourth-order valence-electron chi connectivity index (χ4n) is 7.56. The molecule has 0 spiro atoms. The minimum atomic E-state index is -1.28. The smallest absolute Gasteiger partial charge is 0.338 e. The average Bonchev–Trinajstić information content (AvgIpc) is 2.85. The van der Waals surface area contributed by atoms with E-state index in [4.69, 9.17) is 10.1 Å². The average molecular weight is 509 g/mol. The van der Waals surface area contributed by atoms with E-state index in [9.17, 15) is 19.1 Å². The minimum absolute atomic E-state index is 0.0481. The molecule has 2 unspecified atom stereocenters. The van der Waals surface area contributed by atoms with Gasteiger partial charge < -0.3 is 25.3 Å². The zero-order chi connectivity index (χ0) is 25.9. The molecule has 5 aliphatic rings. The summed E-state index contributed by atoms with van der Waals surface area (Å²) in [6.07, 6.45) is 4.65. The molecule has 3 N–H and O–H groups in total. The van der Waals surface area contributed by atoms with Gasteiger partial charge in [0.25, 0.3) is 5.91 Å². The Balaban J connectivity index is 1.12. The van der Waals surface area contributed by atoms with E-state index in [1.54, 1.807) is 12.1 Å². The second-order valence-electron chi connectivity index (χ2n) is 11.5. The van der Waals surface area contributed by atoms with Gasteiger partial charge in [-0.3, -0.25) is 4.79 Å². The molecule has 5 fully saturated rings. The van der Waals surface area contributed by atoms with E-state index in [1.807, 2.05) is 17.0 Å². The zero-order valence-corrected chi connectivity index (χ0v) is 20.9. The van der Waals surface area contributed by atoms with Crippen molar-refractivity contribution in [1.29, 1.82) is 0 Å². The van der Waals surface area contributed by atoms with Crippen molar-refractivity contribution >= 4 is 23.4 Å². The summed E-state index contributed by atoms with van der Waals surface area (Å²) in [7, 11) is 0. The highest BCUT2D eigenvalue weighted by atomic mass is 19.1. The Morgan fingerprint density at radius 2 is 1.86 bits per heavy atom. The zero-order valence-electron chi connectivity index (χ0n) is 20.9.